The minimum Gasteiger partial charge on any atom is -0.340 e. The largest absolute Gasteiger partial charge is 0.340 e. The molecule has 0 aromatic carbocycles. The summed E-state index contributed by atoms with van der Waals surface area (Å²) in [6.45, 7) is 13.0. The van der Waals surface area contributed by atoms with Gasteiger partial charge in [0.25, 0.3) is 0 Å². The predicted octanol–water partition coefficient (Wildman–Crippen LogP) is 4.25. The van der Waals surface area contributed by atoms with Gasteiger partial charge in [0.15, 0.2) is 0 Å². The van der Waals surface area contributed by atoms with E-state index in [1.54, 1.807) is 0 Å². The maximum Gasteiger partial charge on any atom is 0.225 e. The van der Waals surface area contributed by atoms with Gasteiger partial charge in [-0.3, -0.25) is 0 Å². The maximum absolute atomic E-state index is 4.50. The van der Waals surface area contributed by atoms with E-state index < -0.39 is 0 Å². The topological polar surface area (TPSA) is 29.0 Å². The average molecular weight is 275 g/mol. The molecular weight excluding hydrogens is 246 g/mol. The third-order valence-corrected chi connectivity index (χ3v) is 4.68. The van der Waals surface area contributed by atoms with E-state index in [1.807, 2.05) is 26.2 Å². The number of nitrogens with zero attached hydrogens (tertiary/aromatic N) is 3. The molecule has 112 valence electrons. The van der Waals surface area contributed by atoms with Crippen LogP contribution in [0.1, 0.15) is 65.4 Å². The Morgan fingerprint density at radius 3 is 2.20 bits per heavy atom. The minimum absolute atomic E-state index is 0.513. The molecule has 0 N–H and O–H groups in total. The zero-order valence-corrected chi connectivity index (χ0v) is 13.7. The molecule has 2 fully saturated rings. The first kappa shape index (κ1) is 15.3. The molecule has 3 rings (SSSR count). The van der Waals surface area contributed by atoms with Gasteiger partial charge < -0.3 is 4.90 Å². The van der Waals surface area contributed by atoms with Crippen LogP contribution >= 0.6 is 0 Å². The third kappa shape index (κ3) is 2.82. The van der Waals surface area contributed by atoms with Crippen molar-refractivity contribution in [1.82, 2.24) is 9.97 Å². The van der Waals surface area contributed by atoms with Crippen LogP contribution in [-0.2, 0) is 0 Å². The number of aromatic nitrogens is 2. The molecule has 2 heterocycles. The molecule has 0 atom stereocenters. The van der Waals surface area contributed by atoms with Gasteiger partial charge in [-0.25, -0.2) is 9.97 Å². The predicted molar refractivity (Wildman–Crippen MR) is 85.1 cm³/mol. The third-order valence-electron chi connectivity index (χ3n) is 4.68. The first-order chi connectivity index (χ1) is 9.62. The van der Waals surface area contributed by atoms with Crippen molar-refractivity contribution in [3.63, 3.8) is 0 Å². The van der Waals surface area contributed by atoms with Crippen molar-refractivity contribution < 1.29 is 0 Å². The summed E-state index contributed by atoms with van der Waals surface area (Å²) in [7, 11) is 0. The lowest BCUT2D eigenvalue weighted by atomic mass is 9.57. The molecule has 0 unspecified atom stereocenters. The van der Waals surface area contributed by atoms with E-state index in [1.165, 1.54) is 37.9 Å². The van der Waals surface area contributed by atoms with E-state index in [9.17, 15) is 0 Å². The van der Waals surface area contributed by atoms with Crippen LogP contribution < -0.4 is 4.90 Å². The van der Waals surface area contributed by atoms with Crippen LogP contribution in [0.3, 0.4) is 0 Å². The molecule has 1 saturated heterocycles. The van der Waals surface area contributed by atoms with E-state index in [2.05, 4.69) is 35.6 Å². The smallest absolute Gasteiger partial charge is 0.225 e. The highest BCUT2D eigenvalue weighted by atomic mass is 15.3. The van der Waals surface area contributed by atoms with Crippen LogP contribution in [0.15, 0.2) is 12.4 Å². The minimum atomic E-state index is 0.513. The summed E-state index contributed by atoms with van der Waals surface area (Å²) in [5.74, 6) is 2.42. The van der Waals surface area contributed by atoms with Gasteiger partial charge in [0.2, 0.25) is 5.95 Å². The summed E-state index contributed by atoms with van der Waals surface area (Å²) >= 11 is 0. The Kier molecular flexibility index (Phi) is 4.66. The van der Waals surface area contributed by atoms with Crippen LogP contribution in [0.4, 0.5) is 5.95 Å². The Bertz CT molecular complexity index is 410. The molecule has 2 aliphatic rings. The highest BCUT2D eigenvalue weighted by Crippen LogP contribution is 2.53. The zero-order chi connectivity index (χ0) is 14.8. The summed E-state index contributed by atoms with van der Waals surface area (Å²) in [5, 5.41) is 0. The molecule has 3 heteroatoms. The molecule has 1 spiro atoms. The van der Waals surface area contributed by atoms with E-state index >= 15 is 0 Å². The van der Waals surface area contributed by atoms with Crippen LogP contribution in [-0.4, -0.2) is 23.1 Å². The number of anilines is 1. The Hall–Kier alpha value is -1.12. The van der Waals surface area contributed by atoms with Crippen molar-refractivity contribution in [1.29, 1.82) is 0 Å². The summed E-state index contributed by atoms with van der Waals surface area (Å²) in [6.07, 6.45) is 8.15. The second kappa shape index (κ2) is 6.11. The Morgan fingerprint density at radius 2 is 1.75 bits per heavy atom. The monoisotopic (exact) mass is 275 g/mol. The van der Waals surface area contributed by atoms with Gasteiger partial charge in [-0.2, -0.15) is 0 Å². The SMILES string of the molecule is CC.CCC1CC2(C1)CN(c1ncc(C(C)C)cn1)C2. The molecule has 1 aliphatic carbocycles. The van der Waals surface area contributed by atoms with Gasteiger partial charge >= 0.3 is 0 Å². The fraction of sp³-hybridized carbons (Fsp3) is 0.765. The Labute approximate surface area is 123 Å². The summed E-state index contributed by atoms with van der Waals surface area (Å²) in [6, 6.07) is 0. The van der Waals surface area contributed by atoms with Crippen molar-refractivity contribution in [3.8, 4) is 0 Å². The standard InChI is InChI=1S/C15H23N3.C2H6/c1-4-12-5-15(6-12)9-18(10-15)14-16-7-13(8-17-14)11(2)3;1-2/h7-8,11-12H,4-6,9-10H2,1-3H3;1-2H3. The lowest BCUT2D eigenvalue weighted by Gasteiger charge is -2.59. The number of hydrogen-bond acceptors (Lipinski definition) is 3. The fourth-order valence-corrected chi connectivity index (χ4v) is 3.41. The quantitative estimate of drug-likeness (QED) is 0.825. The molecule has 20 heavy (non-hydrogen) atoms. The molecular formula is C17H29N3. The molecule has 1 aromatic rings. The number of rotatable bonds is 3. The van der Waals surface area contributed by atoms with E-state index in [0.29, 0.717) is 11.3 Å². The lowest BCUT2D eigenvalue weighted by molar-refractivity contribution is 0.0208. The van der Waals surface area contributed by atoms with E-state index in [4.69, 9.17) is 0 Å². The van der Waals surface area contributed by atoms with Crippen LogP contribution in [0.25, 0.3) is 0 Å². The lowest BCUT2D eigenvalue weighted by Crippen LogP contribution is -2.62. The van der Waals surface area contributed by atoms with Gasteiger partial charge in [0, 0.05) is 30.9 Å². The van der Waals surface area contributed by atoms with Gasteiger partial charge in [0.1, 0.15) is 0 Å². The molecule has 0 bridgehead atoms. The van der Waals surface area contributed by atoms with Crippen molar-refractivity contribution in [2.24, 2.45) is 11.3 Å². The zero-order valence-electron chi connectivity index (χ0n) is 13.7. The highest BCUT2D eigenvalue weighted by molar-refractivity contribution is 5.37. The molecule has 1 aromatic heterocycles. The van der Waals surface area contributed by atoms with E-state index in [-0.39, 0.29) is 0 Å². The molecule has 0 radical (unpaired) electrons. The van der Waals surface area contributed by atoms with Crippen molar-refractivity contribution in [2.45, 2.75) is 59.8 Å². The molecule has 1 saturated carbocycles. The normalized spacial score (nSPS) is 20.2. The maximum atomic E-state index is 4.50. The van der Waals surface area contributed by atoms with Gasteiger partial charge in [-0.15, -0.1) is 0 Å². The van der Waals surface area contributed by atoms with Crippen LogP contribution in [0, 0.1) is 11.3 Å². The van der Waals surface area contributed by atoms with Gasteiger partial charge in [-0.05, 0) is 30.2 Å². The van der Waals surface area contributed by atoms with Crippen LogP contribution in [0.5, 0.6) is 0 Å². The summed E-state index contributed by atoms with van der Waals surface area (Å²) < 4.78 is 0. The fourth-order valence-electron chi connectivity index (χ4n) is 3.41. The van der Waals surface area contributed by atoms with Crippen molar-refractivity contribution >= 4 is 5.95 Å². The summed E-state index contributed by atoms with van der Waals surface area (Å²) in [5.41, 5.74) is 1.85. The first-order valence-corrected chi connectivity index (χ1v) is 8.19. The molecule has 3 nitrogen and oxygen atoms in total. The van der Waals surface area contributed by atoms with Crippen molar-refractivity contribution in [3.05, 3.63) is 18.0 Å². The van der Waals surface area contributed by atoms with Gasteiger partial charge in [0.05, 0.1) is 0 Å². The Balaban J connectivity index is 0.000000704. The molecule has 0 amide bonds. The Morgan fingerprint density at radius 1 is 1.20 bits per heavy atom. The summed E-state index contributed by atoms with van der Waals surface area (Å²) in [4.78, 5) is 11.3. The second-order valence-corrected chi connectivity index (χ2v) is 6.51. The average Bonchev–Trinajstić information content (AvgIpc) is 2.39. The molecule has 1 aliphatic heterocycles. The van der Waals surface area contributed by atoms with Crippen LogP contribution in [0.2, 0.25) is 0 Å². The van der Waals surface area contributed by atoms with Gasteiger partial charge in [-0.1, -0.05) is 41.0 Å². The van der Waals surface area contributed by atoms with Crippen molar-refractivity contribution in [2.75, 3.05) is 18.0 Å². The first-order valence-electron chi connectivity index (χ1n) is 8.19. The number of hydrogen-bond donors (Lipinski definition) is 0. The highest BCUT2D eigenvalue weighted by Gasteiger charge is 2.52. The van der Waals surface area contributed by atoms with E-state index in [0.717, 1.165) is 11.9 Å². The second-order valence-electron chi connectivity index (χ2n) is 6.51.